The number of carbonyl (C=O) groups excluding carboxylic acids is 1. The summed E-state index contributed by atoms with van der Waals surface area (Å²) >= 11 is 0. The zero-order valence-corrected chi connectivity index (χ0v) is 17.2. The Bertz CT molecular complexity index is 1340. The molecular weight excluding hydrogens is 394 g/mol. The summed E-state index contributed by atoms with van der Waals surface area (Å²) in [6.45, 7) is 4.09. The van der Waals surface area contributed by atoms with Crippen molar-refractivity contribution in [3.63, 3.8) is 0 Å². The number of aliphatic carboxylic acids is 1. The fraction of sp³-hybridized carbons (Fsp3) is 0.160. The van der Waals surface area contributed by atoms with Gasteiger partial charge in [0, 0.05) is 29.5 Å². The number of allylic oxidation sites excluding steroid dienone is 1. The lowest BCUT2D eigenvalue weighted by Crippen LogP contribution is -2.11. The van der Waals surface area contributed by atoms with Crippen molar-refractivity contribution in [1.82, 2.24) is 0 Å². The first-order valence-electron chi connectivity index (χ1n) is 9.92. The molecule has 0 saturated carbocycles. The molecule has 1 heterocycles. The van der Waals surface area contributed by atoms with Gasteiger partial charge in [-0.15, -0.1) is 0 Å². The molecule has 2 N–H and O–H groups in total. The van der Waals surface area contributed by atoms with E-state index >= 15 is 0 Å². The number of anilines is 1. The average molecular weight is 415 g/mol. The second kappa shape index (κ2) is 8.07. The van der Waals surface area contributed by atoms with Gasteiger partial charge in [0.15, 0.2) is 5.43 Å². The minimum Gasteiger partial charge on any atom is -0.478 e. The first-order valence-corrected chi connectivity index (χ1v) is 9.92. The minimum atomic E-state index is -1.21. The van der Waals surface area contributed by atoms with Crippen molar-refractivity contribution < 1.29 is 19.1 Å². The van der Waals surface area contributed by atoms with Crippen molar-refractivity contribution in [3.05, 3.63) is 86.8 Å². The van der Waals surface area contributed by atoms with Gasteiger partial charge in [0.25, 0.3) is 0 Å². The van der Waals surface area contributed by atoms with Crippen molar-refractivity contribution in [2.24, 2.45) is 0 Å². The maximum atomic E-state index is 13.0. The number of hydrogen-bond donors (Lipinski definition) is 2. The van der Waals surface area contributed by atoms with Gasteiger partial charge in [-0.05, 0) is 61.6 Å². The third-order valence-electron chi connectivity index (χ3n) is 5.33. The maximum absolute atomic E-state index is 13.0. The first-order chi connectivity index (χ1) is 14.8. The van der Waals surface area contributed by atoms with Gasteiger partial charge in [-0.2, -0.15) is 0 Å². The fourth-order valence-electron chi connectivity index (χ4n) is 3.74. The number of carboxylic acids is 1. The minimum absolute atomic E-state index is 0.0655. The first kappa shape index (κ1) is 20.3. The summed E-state index contributed by atoms with van der Waals surface area (Å²) in [5, 5.41) is 11.7. The van der Waals surface area contributed by atoms with Crippen LogP contribution < -0.4 is 10.7 Å². The molecule has 156 valence electrons. The van der Waals surface area contributed by atoms with E-state index in [0.717, 1.165) is 40.8 Å². The Balaban J connectivity index is 1.74. The summed E-state index contributed by atoms with van der Waals surface area (Å²) in [5.74, 6) is -1.20. The van der Waals surface area contributed by atoms with Gasteiger partial charge in [-0.3, -0.25) is 9.59 Å². The summed E-state index contributed by atoms with van der Waals surface area (Å²) < 4.78 is 6.13. The molecule has 3 aromatic rings. The lowest BCUT2D eigenvalue weighted by molar-refractivity contribution is -0.131. The average Bonchev–Trinajstić information content (AvgIpc) is 3.12. The molecule has 31 heavy (non-hydrogen) atoms. The number of fused-ring (bicyclic) bond motifs is 2. The lowest BCUT2D eigenvalue weighted by Gasteiger charge is -2.08. The van der Waals surface area contributed by atoms with Crippen LogP contribution in [-0.2, 0) is 16.0 Å². The van der Waals surface area contributed by atoms with Crippen molar-refractivity contribution in [2.45, 2.75) is 26.7 Å². The molecule has 1 aliphatic carbocycles. The molecule has 6 nitrogen and oxygen atoms in total. The number of benzene rings is 2. The molecule has 1 aromatic heterocycles. The molecule has 2 aromatic carbocycles. The molecule has 0 bridgehead atoms. The zero-order chi connectivity index (χ0) is 22.1. The number of aryl methyl sites for hydroxylation is 2. The van der Waals surface area contributed by atoms with Gasteiger partial charge in [0.1, 0.15) is 11.3 Å². The number of carbonyl (C=O) groups is 2. The Kier molecular flexibility index (Phi) is 5.29. The number of nitrogens with one attached hydrogen (secondary N) is 1. The van der Waals surface area contributed by atoms with Crippen LogP contribution in [-0.4, -0.2) is 17.0 Å². The highest BCUT2D eigenvalue weighted by Crippen LogP contribution is 2.35. The van der Waals surface area contributed by atoms with Gasteiger partial charge in [0.05, 0.1) is 5.39 Å². The molecule has 0 fully saturated rings. The molecule has 0 spiro atoms. The van der Waals surface area contributed by atoms with Gasteiger partial charge in [-0.1, -0.05) is 23.8 Å². The van der Waals surface area contributed by atoms with Crippen LogP contribution in [0, 0.1) is 13.8 Å². The SMILES string of the molecule is Cc1ccc(C)c(/C=C2\CCc3c2oc2cc(NC(=O)/C=C\C(=O)O)ccc2c3=O)c1. The second-order valence-electron chi connectivity index (χ2n) is 7.64. The fourth-order valence-corrected chi connectivity index (χ4v) is 3.74. The van der Waals surface area contributed by atoms with E-state index in [1.54, 1.807) is 18.2 Å². The zero-order valence-electron chi connectivity index (χ0n) is 17.2. The number of rotatable bonds is 4. The molecule has 0 radical (unpaired) electrons. The molecule has 0 unspecified atom stereocenters. The smallest absolute Gasteiger partial charge is 0.328 e. The summed E-state index contributed by atoms with van der Waals surface area (Å²) in [6.07, 6.45) is 5.11. The Morgan fingerprint density at radius 2 is 1.87 bits per heavy atom. The van der Waals surface area contributed by atoms with E-state index in [9.17, 15) is 14.4 Å². The third kappa shape index (κ3) is 4.19. The predicted octanol–water partition coefficient (Wildman–Crippen LogP) is 4.48. The normalized spacial score (nSPS) is 14.3. The Labute approximate surface area is 178 Å². The van der Waals surface area contributed by atoms with Gasteiger partial charge in [-0.25, -0.2) is 4.79 Å². The van der Waals surface area contributed by atoms with Crippen molar-refractivity contribution in [3.8, 4) is 0 Å². The highest BCUT2D eigenvalue weighted by molar-refractivity contribution is 6.03. The quantitative estimate of drug-likeness (QED) is 0.613. The van der Waals surface area contributed by atoms with E-state index in [4.69, 9.17) is 9.52 Å². The van der Waals surface area contributed by atoms with E-state index < -0.39 is 11.9 Å². The molecule has 6 heteroatoms. The molecule has 0 saturated heterocycles. The maximum Gasteiger partial charge on any atom is 0.328 e. The number of carboxylic acid groups (broad SMARTS) is 1. The van der Waals surface area contributed by atoms with Crippen LogP contribution in [0.15, 0.2) is 57.8 Å². The Morgan fingerprint density at radius 1 is 1.06 bits per heavy atom. The van der Waals surface area contributed by atoms with E-state index in [0.29, 0.717) is 34.4 Å². The topological polar surface area (TPSA) is 96.6 Å². The molecule has 0 atom stereocenters. The Hall–Kier alpha value is -3.93. The van der Waals surface area contributed by atoms with Crippen LogP contribution in [0.1, 0.15) is 34.4 Å². The molecule has 1 aliphatic rings. The van der Waals surface area contributed by atoms with Crippen molar-refractivity contribution >= 4 is 40.2 Å². The molecule has 1 amide bonds. The van der Waals surface area contributed by atoms with Crippen LogP contribution in [0.4, 0.5) is 5.69 Å². The van der Waals surface area contributed by atoms with Crippen LogP contribution in [0.5, 0.6) is 0 Å². The van der Waals surface area contributed by atoms with Gasteiger partial charge < -0.3 is 14.8 Å². The standard InChI is InChI=1S/C25H21NO5/c1-14-3-4-15(2)17(11-14)12-16-5-7-20-24(30)19-8-6-18(13-21(19)31-25(16)20)26-22(27)9-10-23(28)29/h3-4,6,8-13H,5,7H2,1-2H3,(H,26,27)(H,28,29)/b10-9-,16-12+. The monoisotopic (exact) mass is 415 g/mol. The highest BCUT2D eigenvalue weighted by Gasteiger charge is 2.24. The van der Waals surface area contributed by atoms with Crippen LogP contribution in [0.25, 0.3) is 22.6 Å². The summed E-state index contributed by atoms with van der Waals surface area (Å²) in [5.41, 5.74) is 5.76. The third-order valence-corrected chi connectivity index (χ3v) is 5.33. The second-order valence-corrected chi connectivity index (χ2v) is 7.64. The number of hydrogen-bond acceptors (Lipinski definition) is 4. The Morgan fingerprint density at radius 3 is 2.65 bits per heavy atom. The van der Waals surface area contributed by atoms with Crippen molar-refractivity contribution in [2.75, 3.05) is 5.32 Å². The summed E-state index contributed by atoms with van der Waals surface area (Å²) in [7, 11) is 0. The summed E-state index contributed by atoms with van der Waals surface area (Å²) in [4.78, 5) is 35.4. The van der Waals surface area contributed by atoms with E-state index in [1.807, 2.05) is 13.8 Å². The summed E-state index contributed by atoms with van der Waals surface area (Å²) in [6, 6.07) is 11.0. The highest BCUT2D eigenvalue weighted by atomic mass is 16.4. The van der Waals surface area contributed by atoms with Gasteiger partial charge in [0.2, 0.25) is 5.91 Å². The van der Waals surface area contributed by atoms with Gasteiger partial charge >= 0.3 is 5.97 Å². The molecular formula is C25H21NO5. The molecule has 4 rings (SSSR count). The predicted molar refractivity (Wildman–Crippen MR) is 120 cm³/mol. The molecule has 0 aliphatic heterocycles. The number of amides is 1. The van der Waals surface area contributed by atoms with Crippen LogP contribution in [0.2, 0.25) is 0 Å². The largest absolute Gasteiger partial charge is 0.478 e. The van der Waals surface area contributed by atoms with E-state index in [1.165, 1.54) is 0 Å². The van der Waals surface area contributed by atoms with Crippen LogP contribution in [0.3, 0.4) is 0 Å². The van der Waals surface area contributed by atoms with E-state index in [2.05, 4.69) is 29.6 Å². The van der Waals surface area contributed by atoms with E-state index in [-0.39, 0.29) is 5.43 Å². The van der Waals surface area contributed by atoms with Crippen LogP contribution >= 0.6 is 0 Å². The van der Waals surface area contributed by atoms with Crippen molar-refractivity contribution in [1.29, 1.82) is 0 Å². The lowest BCUT2D eigenvalue weighted by atomic mass is 10.0.